The fraction of sp³-hybridized carbons (Fsp3) is 0.529. The quantitative estimate of drug-likeness (QED) is 0.816. The molecule has 5 nitrogen and oxygen atoms in total. The van der Waals surface area contributed by atoms with E-state index >= 15 is 0 Å². The zero-order chi connectivity index (χ0) is 16.1. The van der Waals surface area contributed by atoms with Crippen LogP contribution in [0.15, 0.2) is 24.3 Å². The van der Waals surface area contributed by atoms with E-state index in [1.807, 2.05) is 0 Å². The number of benzene rings is 1. The Kier molecular flexibility index (Phi) is 5.55. The van der Waals surface area contributed by atoms with E-state index in [4.69, 9.17) is 10.5 Å². The third-order valence-corrected chi connectivity index (χ3v) is 4.04. The van der Waals surface area contributed by atoms with Gasteiger partial charge in [0.25, 0.3) is 5.91 Å². The number of nitrogens with two attached hydrogens (primary N) is 1. The third kappa shape index (κ3) is 4.56. The predicted molar refractivity (Wildman–Crippen MR) is 84.9 cm³/mol. The number of rotatable bonds is 5. The van der Waals surface area contributed by atoms with Crippen molar-refractivity contribution in [1.82, 2.24) is 5.32 Å². The van der Waals surface area contributed by atoms with Crippen molar-refractivity contribution >= 4 is 11.7 Å². The first kappa shape index (κ1) is 16.5. The van der Waals surface area contributed by atoms with Gasteiger partial charge >= 0.3 is 0 Å². The average molecular weight is 304 g/mol. The van der Waals surface area contributed by atoms with Crippen LogP contribution in [0.2, 0.25) is 0 Å². The van der Waals surface area contributed by atoms with Gasteiger partial charge in [0.15, 0.2) is 11.9 Å². The molecule has 1 aliphatic carbocycles. The van der Waals surface area contributed by atoms with E-state index in [1.165, 1.54) is 6.92 Å². The second kappa shape index (κ2) is 7.40. The summed E-state index contributed by atoms with van der Waals surface area (Å²) in [6.07, 6.45) is 3.12. The number of hydrogen-bond donors (Lipinski definition) is 2. The highest BCUT2D eigenvalue weighted by atomic mass is 16.5. The summed E-state index contributed by atoms with van der Waals surface area (Å²) in [7, 11) is 0. The van der Waals surface area contributed by atoms with Crippen LogP contribution in [0.5, 0.6) is 5.75 Å². The standard InChI is InChI=1S/C17H24N2O3/c1-11(20)13-4-3-5-16(10-13)22-12(2)17(21)19-15-8-6-14(18)7-9-15/h3-5,10,12,14-15H,6-9,18H2,1-2H3,(H,19,21). The van der Waals surface area contributed by atoms with Gasteiger partial charge < -0.3 is 15.8 Å². The van der Waals surface area contributed by atoms with E-state index < -0.39 is 6.10 Å². The van der Waals surface area contributed by atoms with E-state index in [-0.39, 0.29) is 23.8 Å². The molecule has 2 rings (SSSR count). The van der Waals surface area contributed by atoms with Crippen molar-refractivity contribution < 1.29 is 14.3 Å². The molecule has 1 saturated carbocycles. The van der Waals surface area contributed by atoms with Crippen molar-refractivity contribution in [3.63, 3.8) is 0 Å². The summed E-state index contributed by atoms with van der Waals surface area (Å²) in [6.45, 7) is 3.22. The molecule has 0 aliphatic heterocycles. The number of nitrogens with one attached hydrogen (secondary N) is 1. The monoisotopic (exact) mass is 304 g/mol. The van der Waals surface area contributed by atoms with Crippen LogP contribution in [0.25, 0.3) is 0 Å². The van der Waals surface area contributed by atoms with Crippen LogP contribution in [-0.4, -0.2) is 29.9 Å². The van der Waals surface area contributed by atoms with E-state index in [2.05, 4.69) is 5.32 Å². The lowest BCUT2D eigenvalue weighted by molar-refractivity contribution is -0.128. The predicted octanol–water partition coefficient (Wildman–Crippen LogP) is 2.04. The molecule has 1 aromatic carbocycles. The van der Waals surface area contributed by atoms with Gasteiger partial charge in [0.2, 0.25) is 0 Å². The van der Waals surface area contributed by atoms with Crippen molar-refractivity contribution in [1.29, 1.82) is 0 Å². The molecular formula is C17H24N2O3. The van der Waals surface area contributed by atoms with Crippen molar-refractivity contribution in [2.24, 2.45) is 5.73 Å². The average Bonchev–Trinajstić information content (AvgIpc) is 2.49. The molecule has 0 bridgehead atoms. The number of carbonyl (C=O) groups is 2. The molecule has 1 aromatic rings. The van der Waals surface area contributed by atoms with Crippen LogP contribution in [-0.2, 0) is 4.79 Å². The third-order valence-electron chi connectivity index (χ3n) is 4.04. The lowest BCUT2D eigenvalue weighted by Gasteiger charge is -2.27. The van der Waals surface area contributed by atoms with Crippen LogP contribution in [0, 0.1) is 0 Å². The number of amides is 1. The van der Waals surface area contributed by atoms with Gasteiger partial charge in [-0.25, -0.2) is 0 Å². The van der Waals surface area contributed by atoms with Gasteiger partial charge in [0, 0.05) is 17.6 Å². The SMILES string of the molecule is CC(=O)c1cccc(OC(C)C(=O)NC2CCC(N)CC2)c1. The molecule has 1 atom stereocenters. The molecule has 5 heteroatoms. The summed E-state index contributed by atoms with van der Waals surface area (Å²) in [4.78, 5) is 23.5. The molecule has 0 aromatic heterocycles. The largest absolute Gasteiger partial charge is 0.481 e. The summed E-state index contributed by atoms with van der Waals surface area (Å²) in [5.41, 5.74) is 6.44. The zero-order valence-corrected chi connectivity index (χ0v) is 13.2. The first-order chi connectivity index (χ1) is 10.5. The molecular weight excluding hydrogens is 280 g/mol. The van der Waals surface area contributed by atoms with Crippen LogP contribution >= 0.6 is 0 Å². The fourth-order valence-electron chi connectivity index (χ4n) is 2.63. The molecule has 22 heavy (non-hydrogen) atoms. The topological polar surface area (TPSA) is 81.4 Å². The van der Waals surface area contributed by atoms with Crippen LogP contribution in [0.4, 0.5) is 0 Å². The zero-order valence-electron chi connectivity index (χ0n) is 13.2. The van der Waals surface area contributed by atoms with Gasteiger partial charge in [-0.2, -0.15) is 0 Å². The molecule has 0 saturated heterocycles. The summed E-state index contributed by atoms with van der Waals surface area (Å²) in [6, 6.07) is 7.32. The Morgan fingerprint density at radius 1 is 1.27 bits per heavy atom. The Morgan fingerprint density at radius 2 is 1.95 bits per heavy atom. The van der Waals surface area contributed by atoms with Crippen LogP contribution in [0.3, 0.4) is 0 Å². The normalized spacial score (nSPS) is 22.7. The first-order valence-electron chi connectivity index (χ1n) is 7.79. The van der Waals surface area contributed by atoms with Gasteiger partial charge in [-0.15, -0.1) is 0 Å². The second-order valence-corrected chi connectivity index (χ2v) is 5.96. The molecule has 1 unspecified atom stereocenters. The minimum atomic E-state index is -0.599. The van der Waals surface area contributed by atoms with E-state index in [0.717, 1.165) is 25.7 Å². The van der Waals surface area contributed by atoms with Crippen molar-refractivity contribution in [2.45, 2.75) is 57.7 Å². The van der Waals surface area contributed by atoms with E-state index in [9.17, 15) is 9.59 Å². The molecule has 0 spiro atoms. The molecule has 0 heterocycles. The summed E-state index contributed by atoms with van der Waals surface area (Å²) >= 11 is 0. The second-order valence-electron chi connectivity index (χ2n) is 5.96. The van der Waals surface area contributed by atoms with Crippen molar-refractivity contribution in [3.05, 3.63) is 29.8 Å². The maximum absolute atomic E-state index is 12.2. The number of ketones is 1. The van der Waals surface area contributed by atoms with Gasteiger partial charge in [-0.3, -0.25) is 9.59 Å². The fourth-order valence-corrected chi connectivity index (χ4v) is 2.63. The summed E-state index contributed by atoms with van der Waals surface area (Å²) in [5.74, 6) is 0.371. The van der Waals surface area contributed by atoms with Crippen molar-refractivity contribution in [3.8, 4) is 5.75 Å². The Bertz CT molecular complexity index is 536. The molecule has 3 N–H and O–H groups in total. The molecule has 1 fully saturated rings. The van der Waals surface area contributed by atoms with Gasteiger partial charge in [-0.1, -0.05) is 12.1 Å². The minimum Gasteiger partial charge on any atom is -0.481 e. The molecule has 0 radical (unpaired) electrons. The van der Waals surface area contributed by atoms with Crippen LogP contribution < -0.4 is 15.8 Å². The Morgan fingerprint density at radius 3 is 2.59 bits per heavy atom. The lowest BCUT2D eigenvalue weighted by Crippen LogP contribution is -2.45. The van der Waals surface area contributed by atoms with Crippen molar-refractivity contribution in [2.75, 3.05) is 0 Å². The Hall–Kier alpha value is -1.88. The molecule has 120 valence electrons. The van der Waals surface area contributed by atoms with Gasteiger partial charge in [0.05, 0.1) is 0 Å². The molecule has 1 aliphatic rings. The Balaban J connectivity index is 1.88. The number of carbonyl (C=O) groups excluding carboxylic acids is 2. The van der Waals surface area contributed by atoms with E-state index in [0.29, 0.717) is 11.3 Å². The maximum Gasteiger partial charge on any atom is 0.260 e. The highest BCUT2D eigenvalue weighted by molar-refractivity contribution is 5.94. The van der Waals surface area contributed by atoms with Gasteiger partial charge in [0.1, 0.15) is 5.75 Å². The summed E-state index contributed by atoms with van der Waals surface area (Å²) < 4.78 is 5.64. The highest BCUT2D eigenvalue weighted by Crippen LogP contribution is 2.18. The Labute approximate surface area is 131 Å². The minimum absolute atomic E-state index is 0.0268. The lowest BCUT2D eigenvalue weighted by atomic mass is 9.92. The van der Waals surface area contributed by atoms with Gasteiger partial charge in [-0.05, 0) is 51.7 Å². The summed E-state index contributed by atoms with van der Waals surface area (Å²) in [5, 5.41) is 3.01. The highest BCUT2D eigenvalue weighted by Gasteiger charge is 2.23. The number of hydrogen-bond acceptors (Lipinski definition) is 4. The number of Topliss-reactive ketones (excluding diaryl/α,β-unsaturated/α-hetero) is 1. The van der Waals surface area contributed by atoms with E-state index in [1.54, 1.807) is 31.2 Å². The first-order valence-corrected chi connectivity index (χ1v) is 7.79. The smallest absolute Gasteiger partial charge is 0.260 e. The van der Waals surface area contributed by atoms with Crippen LogP contribution in [0.1, 0.15) is 49.9 Å². The maximum atomic E-state index is 12.2. The molecule has 1 amide bonds. The number of ether oxygens (including phenoxy) is 1.